The van der Waals surface area contributed by atoms with Crippen molar-refractivity contribution in [2.45, 2.75) is 32.6 Å². The molecule has 112 valence electrons. The molecule has 2 atom stereocenters. The summed E-state index contributed by atoms with van der Waals surface area (Å²) in [6.07, 6.45) is 4.50. The van der Waals surface area contributed by atoms with Gasteiger partial charge in [0, 0.05) is 5.92 Å². The predicted molar refractivity (Wildman–Crippen MR) is 92.3 cm³/mol. The molecule has 3 aliphatic carbocycles. The fourth-order valence-corrected chi connectivity index (χ4v) is 4.61. The van der Waals surface area contributed by atoms with E-state index in [-0.39, 0.29) is 11.8 Å². The third kappa shape index (κ3) is 1.65. The standard InChI is InChI=1S/C21H22O/c1-12-15-8-4-5-9-16(15)14(3)20-19(12)13(2)17-10-6-7-11-18(17)21(20)22/h4-5,8-9,19-20,22H,1,3,6-7,10-11H2,2H3. The first-order chi connectivity index (χ1) is 10.6. The molecule has 0 amide bonds. The molecule has 22 heavy (non-hydrogen) atoms. The molecule has 0 radical (unpaired) electrons. The number of aliphatic hydroxyl groups excluding tert-OH is 1. The van der Waals surface area contributed by atoms with Gasteiger partial charge in [0.1, 0.15) is 5.76 Å². The Morgan fingerprint density at radius 2 is 1.45 bits per heavy atom. The summed E-state index contributed by atoms with van der Waals surface area (Å²) < 4.78 is 0. The average Bonchev–Trinajstić information content (AvgIpc) is 2.56. The molecule has 3 aliphatic rings. The van der Waals surface area contributed by atoms with Gasteiger partial charge in [0.25, 0.3) is 0 Å². The van der Waals surface area contributed by atoms with Crippen LogP contribution in [0.1, 0.15) is 43.7 Å². The van der Waals surface area contributed by atoms with Crippen molar-refractivity contribution < 1.29 is 5.11 Å². The van der Waals surface area contributed by atoms with Crippen LogP contribution in [0, 0.1) is 11.8 Å². The minimum atomic E-state index is -0.0146. The molecular formula is C21H22O. The number of benzene rings is 1. The smallest absolute Gasteiger partial charge is 0.104 e. The van der Waals surface area contributed by atoms with Gasteiger partial charge in [-0.3, -0.25) is 0 Å². The SMILES string of the molecule is C=C1c2ccccc2C(=C)C2C(O)=C3CCCCC3=C(C)C12. The van der Waals surface area contributed by atoms with Gasteiger partial charge >= 0.3 is 0 Å². The quantitative estimate of drug-likeness (QED) is 0.652. The summed E-state index contributed by atoms with van der Waals surface area (Å²) in [5.41, 5.74) is 8.50. The lowest BCUT2D eigenvalue weighted by molar-refractivity contribution is 0.321. The Balaban J connectivity index is 1.95. The molecule has 4 rings (SSSR count). The lowest BCUT2D eigenvalue weighted by Crippen LogP contribution is -2.31. The maximum atomic E-state index is 11.0. The number of aliphatic hydroxyl groups is 1. The van der Waals surface area contributed by atoms with Crippen molar-refractivity contribution in [2.75, 3.05) is 0 Å². The number of hydrogen-bond acceptors (Lipinski definition) is 1. The fraction of sp³-hybridized carbons (Fsp3) is 0.333. The van der Waals surface area contributed by atoms with E-state index in [0.717, 1.165) is 29.6 Å². The Labute approximate surface area is 132 Å². The summed E-state index contributed by atoms with van der Waals surface area (Å²) in [5.74, 6) is 0.726. The van der Waals surface area contributed by atoms with E-state index in [1.165, 1.54) is 35.1 Å². The van der Waals surface area contributed by atoms with E-state index in [4.69, 9.17) is 0 Å². The van der Waals surface area contributed by atoms with Crippen LogP contribution in [0.4, 0.5) is 0 Å². The topological polar surface area (TPSA) is 20.2 Å². The molecule has 1 fully saturated rings. The Kier molecular flexibility index (Phi) is 2.94. The van der Waals surface area contributed by atoms with E-state index >= 15 is 0 Å². The van der Waals surface area contributed by atoms with Crippen LogP contribution in [-0.2, 0) is 0 Å². The van der Waals surface area contributed by atoms with Crippen molar-refractivity contribution >= 4 is 11.1 Å². The van der Waals surface area contributed by atoms with Crippen LogP contribution in [0.2, 0.25) is 0 Å². The van der Waals surface area contributed by atoms with Crippen LogP contribution in [-0.4, -0.2) is 5.11 Å². The largest absolute Gasteiger partial charge is 0.511 e. The molecule has 1 aromatic rings. The van der Waals surface area contributed by atoms with E-state index in [0.29, 0.717) is 5.76 Å². The van der Waals surface area contributed by atoms with Gasteiger partial charge in [-0.25, -0.2) is 0 Å². The Hall–Kier alpha value is -2.02. The molecule has 1 nitrogen and oxygen atoms in total. The molecule has 1 aromatic carbocycles. The summed E-state index contributed by atoms with van der Waals surface area (Å²) >= 11 is 0. The molecule has 1 N–H and O–H groups in total. The maximum absolute atomic E-state index is 11.0. The van der Waals surface area contributed by atoms with Gasteiger partial charge in [-0.05, 0) is 66.0 Å². The van der Waals surface area contributed by atoms with E-state index in [1.807, 2.05) is 6.07 Å². The van der Waals surface area contributed by atoms with Crippen LogP contribution in [0.5, 0.6) is 0 Å². The van der Waals surface area contributed by atoms with Crippen LogP contribution in [0.3, 0.4) is 0 Å². The number of hydrogen-bond donors (Lipinski definition) is 1. The second-order valence-corrected chi connectivity index (χ2v) is 6.78. The normalized spacial score (nSPS) is 27.5. The van der Waals surface area contributed by atoms with Crippen molar-refractivity contribution in [3.8, 4) is 0 Å². The first kappa shape index (κ1) is 13.6. The van der Waals surface area contributed by atoms with Crippen molar-refractivity contribution in [3.63, 3.8) is 0 Å². The van der Waals surface area contributed by atoms with Crippen LogP contribution >= 0.6 is 0 Å². The highest BCUT2D eigenvalue weighted by molar-refractivity contribution is 5.88. The summed E-state index contributed by atoms with van der Waals surface area (Å²) in [4.78, 5) is 0. The van der Waals surface area contributed by atoms with Crippen LogP contribution in [0.15, 0.2) is 59.9 Å². The molecule has 1 heteroatoms. The molecule has 0 heterocycles. The first-order valence-corrected chi connectivity index (χ1v) is 8.20. The predicted octanol–water partition coefficient (Wildman–Crippen LogP) is 5.68. The Morgan fingerprint density at radius 1 is 0.909 bits per heavy atom. The van der Waals surface area contributed by atoms with Gasteiger partial charge < -0.3 is 5.11 Å². The minimum Gasteiger partial charge on any atom is -0.511 e. The van der Waals surface area contributed by atoms with E-state index in [9.17, 15) is 5.11 Å². The lowest BCUT2D eigenvalue weighted by atomic mass is 9.61. The second-order valence-electron chi connectivity index (χ2n) is 6.78. The fourth-order valence-electron chi connectivity index (χ4n) is 4.61. The summed E-state index contributed by atoms with van der Waals surface area (Å²) in [7, 11) is 0. The van der Waals surface area contributed by atoms with Crippen LogP contribution < -0.4 is 0 Å². The third-order valence-electron chi connectivity index (χ3n) is 5.72. The van der Waals surface area contributed by atoms with Crippen molar-refractivity contribution in [1.29, 1.82) is 0 Å². The maximum Gasteiger partial charge on any atom is 0.104 e. The molecule has 2 unspecified atom stereocenters. The highest BCUT2D eigenvalue weighted by Gasteiger charge is 2.42. The highest BCUT2D eigenvalue weighted by Crippen LogP contribution is 2.55. The third-order valence-corrected chi connectivity index (χ3v) is 5.72. The molecule has 0 bridgehead atoms. The molecule has 0 spiro atoms. The molecule has 0 saturated heterocycles. The molecule has 0 aliphatic heterocycles. The summed E-state index contributed by atoms with van der Waals surface area (Å²) in [6.45, 7) is 11.0. The Bertz CT molecular complexity index is 695. The monoisotopic (exact) mass is 290 g/mol. The molecule has 1 saturated carbocycles. The van der Waals surface area contributed by atoms with E-state index in [2.05, 4.69) is 38.3 Å². The Morgan fingerprint density at radius 3 is 2.09 bits per heavy atom. The lowest BCUT2D eigenvalue weighted by Gasteiger charge is -2.43. The zero-order valence-electron chi connectivity index (χ0n) is 13.2. The number of rotatable bonds is 0. The number of fused-ring (bicyclic) bond motifs is 3. The zero-order chi connectivity index (χ0) is 15.4. The van der Waals surface area contributed by atoms with Gasteiger partial charge in [-0.1, -0.05) is 43.0 Å². The number of allylic oxidation sites excluding steroid dienone is 5. The van der Waals surface area contributed by atoms with Crippen molar-refractivity contribution in [3.05, 3.63) is 71.0 Å². The van der Waals surface area contributed by atoms with Gasteiger partial charge in [0.15, 0.2) is 0 Å². The van der Waals surface area contributed by atoms with Gasteiger partial charge in [-0.2, -0.15) is 0 Å². The zero-order valence-corrected chi connectivity index (χ0v) is 13.2. The van der Waals surface area contributed by atoms with Gasteiger partial charge in [0.2, 0.25) is 0 Å². The molecular weight excluding hydrogens is 268 g/mol. The summed E-state index contributed by atoms with van der Waals surface area (Å²) in [5, 5.41) is 11.0. The van der Waals surface area contributed by atoms with Crippen molar-refractivity contribution in [2.24, 2.45) is 11.8 Å². The van der Waals surface area contributed by atoms with E-state index < -0.39 is 0 Å². The highest BCUT2D eigenvalue weighted by atomic mass is 16.3. The van der Waals surface area contributed by atoms with Crippen molar-refractivity contribution in [1.82, 2.24) is 0 Å². The van der Waals surface area contributed by atoms with Gasteiger partial charge in [-0.15, -0.1) is 0 Å². The van der Waals surface area contributed by atoms with Crippen LogP contribution in [0.25, 0.3) is 11.1 Å². The molecule has 0 aromatic heterocycles. The first-order valence-electron chi connectivity index (χ1n) is 8.20. The van der Waals surface area contributed by atoms with Gasteiger partial charge in [0.05, 0.1) is 5.92 Å². The average molecular weight is 290 g/mol. The minimum absolute atomic E-state index is 0.0146. The summed E-state index contributed by atoms with van der Waals surface area (Å²) in [6, 6.07) is 8.34. The van der Waals surface area contributed by atoms with E-state index in [1.54, 1.807) is 0 Å². The second kappa shape index (κ2) is 4.74.